The van der Waals surface area contributed by atoms with E-state index in [2.05, 4.69) is 20.5 Å². The third kappa shape index (κ3) is 4.27. The van der Waals surface area contributed by atoms with Crippen LogP contribution in [0, 0.1) is 5.82 Å². The van der Waals surface area contributed by atoms with Crippen LogP contribution in [0.5, 0.6) is 0 Å². The van der Waals surface area contributed by atoms with Crippen LogP contribution in [0.3, 0.4) is 0 Å². The van der Waals surface area contributed by atoms with Gasteiger partial charge in [-0.1, -0.05) is 17.7 Å². The number of hydrogen-bond acceptors (Lipinski definition) is 6. The van der Waals surface area contributed by atoms with Crippen LogP contribution in [0.25, 0.3) is 0 Å². The molecule has 148 valence electrons. The van der Waals surface area contributed by atoms with Gasteiger partial charge in [-0.05, 0) is 36.4 Å². The minimum atomic E-state index is -0.604. The van der Waals surface area contributed by atoms with Crippen LogP contribution in [0.15, 0.2) is 54.9 Å². The largest absolute Gasteiger partial charge is 0.352 e. The molecule has 1 aliphatic rings. The van der Waals surface area contributed by atoms with Crippen molar-refractivity contribution in [1.82, 2.24) is 20.1 Å². The van der Waals surface area contributed by atoms with Gasteiger partial charge in [-0.25, -0.2) is 4.39 Å². The molecule has 1 aromatic carbocycles. The third-order valence-corrected chi connectivity index (χ3v) is 4.99. The molecule has 7 nitrogen and oxygen atoms in total. The molecule has 0 aliphatic carbocycles. The molecule has 2 aromatic heterocycles. The summed E-state index contributed by atoms with van der Waals surface area (Å²) in [6, 6.07) is 11.7. The fourth-order valence-electron chi connectivity index (χ4n) is 3.14. The van der Waals surface area contributed by atoms with E-state index in [9.17, 15) is 9.18 Å². The number of hydrogen-bond donors (Lipinski definition) is 1. The first-order chi connectivity index (χ1) is 14.1. The Balaban J connectivity index is 1.37. The third-order valence-electron chi connectivity index (χ3n) is 4.67. The van der Waals surface area contributed by atoms with Gasteiger partial charge in [0, 0.05) is 44.3 Å². The second-order valence-corrected chi connectivity index (χ2v) is 6.92. The zero-order valence-electron chi connectivity index (χ0n) is 15.4. The molecular weight excluding hydrogens is 395 g/mol. The Morgan fingerprint density at radius 1 is 1.00 bits per heavy atom. The number of carbonyl (C=O) groups excluding carboxylic acids is 1. The highest BCUT2D eigenvalue weighted by Gasteiger charge is 2.26. The summed E-state index contributed by atoms with van der Waals surface area (Å²) in [5.41, 5.74) is 0.801. The summed E-state index contributed by atoms with van der Waals surface area (Å²) in [4.78, 5) is 20.3. The van der Waals surface area contributed by atoms with Gasteiger partial charge in [0.15, 0.2) is 11.6 Å². The van der Waals surface area contributed by atoms with E-state index in [1.54, 1.807) is 17.3 Å². The number of benzene rings is 1. The Morgan fingerprint density at radius 2 is 1.76 bits per heavy atom. The van der Waals surface area contributed by atoms with Gasteiger partial charge in [-0.2, -0.15) is 0 Å². The summed E-state index contributed by atoms with van der Waals surface area (Å²) >= 11 is 6.02. The Labute approximate surface area is 172 Å². The molecule has 1 aliphatic heterocycles. The first-order valence-electron chi connectivity index (χ1n) is 9.11. The number of aromatic nitrogens is 3. The van der Waals surface area contributed by atoms with Crippen LogP contribution in [-0.2, 0) is 0 Å². The molecule has 0 radical (unpaired) electrons. The van der Waals surface area contributed by atoms with Crippen molar-refractivity contribution in [2.24, 2.45) is 0 Å². The number of amides is 1. The average molecular weight is 413 g/mol. The molecule has 1 N–H and O–H groups in total. The summed E-state index contributed by atoms with van der Waals surface area (Å²) in [7, 11) is 0. The van der Waals surface area contributed by atoms with Crippen LogP contribution in [-0.4, -0.2) is 52.2 Å². The summed E-state index contributed by atoms with van der Waals surface area (Å²) < 4.78 is 14.0. The van der Waals surface area contributed by atoms with E-state index in [0.717, 1.165) is 11.5 Å². The van der Waals surface area contributed by atoms with Crippen molar-refractivity contribution in [3.63, 3.8) is 0 Å². The highest BCUT2D eigenvalue weighted by atomic mass is 35.5. The Hall–Kier alpha value is -3.26. The standard InChI is InChI=1S/C20H18ClFN6O/c21-15-2-1-3-16(22)19(15)20(29)28-12-10-27(11-13-28)18-5-4-17(25-26-18)24-14-6-8-23-9-7-14/h1-9H,10-13H2,(H,23,24,25). The van der Waals surface area contributed by atoms with Crippen molar-refractivity contribution in [3.05, 3.63) is 71.3 Å². The zero-order chi connectivity index (χ0) is 20.2. The normalized spacial score (nSPS) is 14.0. The molecule has 1 saturated heterocycles. The second-order valence-electron chi connectivity index (χ2n) is 6.51. The summed E-state index contributed by atoms with van der Waals surface area (Å²) in [5.74, 6) is 0.355. The second kappa shape index (κ2) is 8.40. The Kier molecular flexibility index (Phi) is 5.53. The van der Waals surface area contributed by atoms with Gasteiger partial charge in [0.2, 0.25) is 0 Å². The summed E-state index contributed by atoms with van der Waals surface area (Å²) in [5, 5.41) is 11.7. The molecule has 0 saturated carbocycles. The predicted octanol–water partition coefficient (Wildman–Crippen LogP) is 3.37. The number of carbonyl (C=O) groups is 1. The van der Waals surface area contributed by atoms with E-state index in [0.29, 0.717) is 32.0 Å². The summed E-state index contributed by atoms with van der Waals surface area (Å²) in [6.45, 7) is 2.04. The van der Waals surface area contributed by atoms with Crippen LogP contribution in [0.1, 0.15) is 10.4 Å². The van der Waals surface area contributed by atoms with Crippen molar-refractivity contribution in [3.8, 4) is 0 Å². The van der Waals surface area contributed by atoms with E-state index in [4.69, 9.17) is 11.6 Å². The van der Waals surface area contributed by atoms with Crippen LogP contribution < -0.4 is 10.2 Å². The van der Waals surface area contributed by atoms with Crippen molar-refractivity contribution in [2.45, 2.75) is 0 Å². The molecule has 0 atom stereocenters. The molecule has 4 rings (SSSR count). The topological polar surface area (TPSA) is 74.2 Å². The van der Waals surface area contributed by atoms with E-state index in [-0.39, 0.29) is 10.6 Å². The molecule has 0 unspecified atom stereocenters. The first kappa shape index (κ1) is 19.1. The lowest BCUT2D eigenvalue weighted by Gasteiger charge is -2.35. The molecule has 1 amide bonds. The fraction of sp³-hybridized carbons (Fsp3) is 0.200. The number of pyridine rings is 1. The molecule has 3 aromatic rings. The smallest absolute Gasteiger partial charge is 0.258 e. The SMILES string of the molecule is O=C(c1c(F)cccc1Cl)N1CCN(c2ccc(Nc3ccncc3)nn2)CC1. The Bertz CT molecular complexity index is 973. The minimum absolute atomic E-state index is 0.0750. The van der Waals surface area contributed by atoms with Gasteiger partial charge in [-0.3, -0.25) is 9.78 Å². The average Bonchev–Trinajstić information content (AvgIpc) is 2.75. The van der Waals surface area contributed by atoms with Crippen LogP contribution >= 0.6 is 11.6 Å². The van der Waals surface area contributed by atoms with Gasteiger partial charge >= 0.3 is 0 Å². The van der Waals surface area contributed by atoms with Gasteiger partial charge in [-0.15, -0.1) is 10.2 Å². The highest BCUT2D eigenvalue weighted by Crippen LogP contribution is 2.22. The number of piperazine rings is 1. The summed E-state index contributed by atoms with van der Waals surface area (Å²) in [6.07, 6.45) is 3.39. The quantitative estimate of drug-likeness (QED) is 0.708. The molecule has 3 heterocycles. The molecular formula is C20H18ClFN6O. The van der Waals surface area contributed by atoms with E-state index in [1.165, 1.54) is 18.2 Å². The number of nitrogens with zero attached hydrogens (tertiary/aromatic N) is 5. The van der Waals surface area contributed by atoms with Crippen molar-refractivity contribution >= 4 is 34.8 Å². The highest BCUT2D eigenvalue weighted by molar-refractivity contribution is 6.33. The fourth-order valence-corrected chi connectivity index (χ4v) is 3.39. The predicted molar refractivity (Wildman–Crippen MR) is 109 cm³/mol. The molecule has 0 spiro atoms. The lowest BCUT2D eigenvalue weighted by molar-refractivity contribution is 0.0742. The van der Waals surface area contributed by atoms with Crippen molar-refractivity contribution in [1.29, 1.82) is 0 Å². The van der Waals surface area contributed by atoms with Gasteiger partial charge in [0.25, 0.3) is 5.91 Å². The molecule has 9 heteroatoms. The van der Waals surface area contributed by atoms with E-state index < -0.39 is 11.7 Å². The van der Waals surface area contributed by atoms with Gasteiger partial charge < -0.3 is 15.1 Å². The van der Waals surface area contributed by atoms with Gasteiger partial charge in [0.05, 0.1) is 10.6 Å². The number of rotatable bonds is 4. The number of nitrogens with one attached hydrogen (secondary N) is 1. The van der Waals surface area contributed by atoms with Crippen molar-refractivity contribution < 1.29 is 9.18 Å². The molecule has 29 heavy (non-hydrogen) atoms. The monoisotopic (exact) mass is 412 g/mol. The lowest BCUT2D eigenvalue weighted by atomic mass is 10.1. The number of halogens is 2. The Morgan fingerprint density at radius 3 is 2.41 bits per heavy atom. The molecule has 1 fully saturated rings. The molecule has 0 bridgehead atoms. The van der Waals surface area contributed by atoms with Crippen LogP contribution in [0.2, 0.25) is 5.02 Å². The maximum absolute atomic E-state index is 14.0. The van der Waals surface area contributed by atoms with E-state index in [1.807, 2.05) is 29.2 Å². The van der Waals surface area contributed by atoms with Crippen LogP contribution in [0.4, 0.5) is 21.7 Å². The zero-order valence-corrected chi connectivity index (χ0v) is 16.2. The maximum atomic E-state index is 14.0. The minimum Gasteiger partial charge on any atom is -0.352 e. The number of anilines is 3. The maximum Gasteiger partial charge on any atom is 0.258 e. The van der Waals surface area contributed by atoms with Crippen molar-refractivity contribution in [2.75, 3.05) is 36.4 Å². The lowest BCUT2D eigenvalue weighted by Crippen LogP contribution is -2.49. The first-order valence-corrected chi connectivity index (χ1v) is 9.48. The van der Waals surface area contributed by atoms with Gasteiger partial charge in [0.1, 0.15) is 5.82 Å². The van der Waals surface area contributed by atoms with E-state index >= 15 is 0 Å².